The third-order valence-electron chi connectivity index (χ3n) is 6.26. The molecule has 220 valence electrons. The van der Waals surface area contributed by atoms with Crippen molar-refractivity contribution in [2.45, 2.75) is 90.4 Å². The lowest BCUT2D eigenvalue weighted by atomic mass is 10.0. The number of aliphatic hydroxyl groups is 1. The Balaban J connectivity index is 2.37. The Bertz CT molecular complexity index is 1070. The summed E-state index contributed by atoms with van der Waals surface area (Å²) >= 11 is 0. The maximum atomic E-state index is 13.9. The van der Waals surface area contributed by atoms with E-state index >= 15 is 0 Å². The zero-order chi connectivity index (χ0) is 29.5. The van der Waals surface area contributed by atoms with Crippen molar-refractivity contribution in [3.8, 4) is 5.75 Å². The summed E-state index contributed by atoms with van der Waals surface area (Å²) in [4.78, 5) is 41.4. The molecule has 4 N–H and O–H groups in total. The lowest BCUT2D eigenvalue weighted by Gasteiger charge is -2.34. The van der Waals surface area contributed by atoms with Gasteiger partial charge in [-0.3, -0.25) is 9.59 Å². The van der Waals surface area contributed by atoms with E-state index in [-0.39, 0.29) is 18.8 Å². The van der Waals surface area contributed by atoms with Gasteiger partial charge in [0, 0.05) is 13.1 Å². The first kappa shape index (κ1) is 32.6. The van der Waals surface area contributed by atoms with Gasteiger partial charge in [0.25, 0.3) is 0 Å². The average molecular weight is 556 g/mol. The van der Waals surface area contributed by atoms with E-state index in [9.17, 15) is 24.6 Å². The zero-order valence-electron chi connectivity index (χ0n) is 24.2. The van der Waals surface area contributed by atoms with Crippen molar-refractivity contribution in [1.29, 1.82) is 0 Å². The number of nitrogens with zero attached hydrogens (tertiary/aromatic N) is 1. The first-order valence-electron chi connectivity index (χ1n) is 14.1. The molecule has 2 rings (SSSR count). The van der Waals surface area contributed by atoms with Crippen LogP contribution in [0.4, 0.5) is 4.79 Å². The Morgan fingerprint density at radius 3 is 2.25 bits per heavy atom. The molecule has 0 aromatic heterocycles. The van der Waals surface area contributed by atoms with Crippen molar-refractivity contribution < 1.29 is 29.3 Å². The molecule has 40 heavy (non-hydrogen) atoms. The van der Waals surface area contributed by atoms with Gasteiger partial charge in [0.2, 0.25) is 11.8 Å². The van der Waals surface area contributed by atoms with E-state index < -0.39 is 42.2 Å². The largest absolute Gasteiger partial charge is 0.508 e. The summed E-state index contributed by atoms with van der Waals surface area (Å²) in [5, 5.41) is 25.7. The van der Waals surface area contributed by atoms with Gasteiger partial charge in [-0.2, -0.15) is 0 Å². The average Bonchev–Trinajstić information content (AvgIpc) is 2.91. The second kappa shape index (κ2) is 16.5. The first-order valence-corrected chi connectivity index (χ1v) is 14.1. The number of benzene rings is 2. The molecule has 0 saturated heterocycles. The summed E-state index contributed by atoms with van der Waals surface area (Å²) in [7, 11) is 0. The number of phenols is 1. The number of carbonyl (C=O) groups excluding carboxylic acids is 3. The first-order chi connectivity index (χ1) is 19.1. The summed E-state index contributed by atoms with van der Waals surface area (Å²) < 4.78 is 5.29. The molecule has 0 aliphatic rings. The number of phenolic OH excluding ortho intramolecular Hbond substituents is 1. The number of carbonyl (C=O) groups is 3. The van der Waals surface area contributed by atoms with Gasteiger partial charge in [-0.25, -0.2) is 4.79 Å². The third kappa shape index (κ3) is 11.3. The highest BCUT2D eigenvalue weighted by Crippen LogP contribution is 2.26. The van der Waals surface area contributed by atoms with E-state index in [1.807, 2.05) is 30.3 Å². The van der Waals surface area contributed by atoms with E-state index in [1.54, 1.807) is 32.9 Å². The van der Waals surface area contributed by atoms with Crippen LogP contribution in [-0.2, 0) is 20.9 Å². The minimum Gasteiger partial charge on any atom is -0.508 e. The van der Waals surface area contributed by atoms with Gasteiger partial charge in [0.05, 0.1) is 6.61 Å². The van der Waals surface area contributed by atoms with E-state index in [1.165, 1.54) is 17.0 Å². The number of hydrogen-bond acceptors (Lipinski definition) is 6. The molecular weight excluding hydrogens is 510 g/mol. The van der Waals surface area contributed by atoms with Crippen molar-refractivity contribution in [3.05, 3.63) is 65.7 Å². The van der Waals surface area contributed by atoms with Gasteiger partial charge in [-0.1, -0.05) is 81.5 Å². The van der Waals surface area contributed by atoms with Crippen LogP contribution < -0.4 is 10.6 Å². The molecule has 2 aromatic carbocycles. The van der Waals surface area contributed by atoms with E-state index in [0.717, 1.165) is 37.7 Å². The Kier molecular flexibility index (Phi) is 13.5. The van der Waals surface area contributed by atoms with Gasteiger partial charge in [-0.05, 0) is 50.5 Å². The highest BCUT2D eigenvalue weighted by molar-refractivity contribution is 5.92. The summed E-state index contributed by atoms with van der Waals surface area (Å²) in [6, 6.07) is 13.2. The minimum atomic E-state index is -1.32. The number of rotatable bonds is 15. The fourth-order valence-electron chi connectivity index (χ4n) is 4.31. The number of aromatic hydroxyl groups is 1. The Morgan fingerprint density at radius 1 is 0.950 bits per heavy atom. The molecule has 9 heteroatoms. The van der Waals surface area contributed by atoms with Crippen LogP contribution in [0.5, 0.6) is 5.75 Å². The monoisotopic (exact) mass is 555 g/mol. The normalized spacial score (nSPS) is 12.7. The molecule has 0 bridgehead atoms. The number of unbranched alkanes of at least 4 members (excludes halogenated alkanes) is 5. The van der Waals surface area contributed by atoms with Gasteiger partial charge in [0.1, 0.15) is 23.4 Å². The topological polar surface area (TPSA) is 128 Å². The standard InChI is InChI=1S/C31H45N3O6/c1-5-6-7-8-9-13-19-34(29(38)26(22-35)33-30(39)40-31(2,3)4)27(24-17-14-18-25(36)20-24)28(37)32-21-23-15-11-10-12-16-23/h10-12,14-18,20,26-27,35-36H,5-9,13,19,21-22H2,1-4H3,(H,32,37)(H,33,39). The van der Waals surface area contributed by atoms with Crippen molar-refractivity contribution >= 4 is 17.9 Å². The lowest BCUT2D eigenvalue weighted by molar-refractivity contribution is -0.143. The van der Waals surface area contributed by atoms with Crippen LogP contribution in [0.2, 0.25) is 0 Å². The zero-order valence-corrected chi connectivity index (χ0v) is 24.2. The van der Waals surface area contributed by atoms with E-state index in [2.05, 4.69) is 17.6 Å². The molecule has 2 unspecified atom stereocenters. The molecule has 0 aliphatic heterocycles. The number of alkyl carbamates (subject to hydrolysis) is 1. The number of ether oxygens (including phenoxy) is 1. The van der Waals surface area contributed by atoms with Gasteiger partial charge in [-0.15, -0.1) is 0 Å². The van der Waals surface area contributed by atoms with Crippen LogP contribution >= 0.6 is 0 Å². The third-order valence-corrected chi connectivity index (χ3v) is 6.26. The number of nitrogens with one attached hydrogen (secondary N) is 2. The summed E-state index contributed by atoms with van der Waals surface area (Å²) in [5.74, 6) is -1.11. The molecule has 0 spiro atoms. The van der Waals surface area contributed by atoms with Gasteiger partial charge >= 0.3 is 6.09 Å². The van der Waals surface area contributed by atoms with Crippen LogP contribution in [0.3, 0.4) is 0 Å². The predicted molar refractivity (Wildman–Crippen MR) is 154 cm³/mol. The summed E-state index contributed by atoms with van der Waals surface area (Å²) in [5.41, 5.74) is 0.505. The molecule has 2 aromatic rings. The van der Waals surface area contributed by atoms with Gasteiger partial charge < -0.3 is 30.5 Å². The Hall–Kier alpha value is -3.59. The van der Waals surface area contributed by atoms with Gasteiger partial charge in [0.15, 0.2) is 0 Å². The number of hydrogen-bond donors (Lipinski definition) is 4. The Morgan fingerprint density at radius 2 is 1.62 bits per heavy atom. The molecule has 0 saturated carbocycles. The smallest absolute Gasteiger partial charge is 0.408 e. The van der Waals surface area contributed by atoms with Crippen LogP contribution in [0.25, 0.3) is 0 Å². The SMILES string of the molecule is CCCCCCCCN(C(=O)C(CO)NC(=O)OC(C)(C)C)C(C(=O)NCc1ccccc1)c1cccc(O)c1. The van der Waals surface area contributed by atoms with Crippen LogP contribution in [0.15, 0.2) is 54.6 Å². The molecule has 0 fully saturated rings. The van der Waals surface area contributed by atoms with Crippen LogP contribution in [0.1, 0.15) is 83.4 Å². The Labute approximate surface area is 237 Å². The fourth-order valence-corrected chi connectivity index (χ4v) is 4.31. The molecule has 3 amide bonds. The molecule has 0 heterocycles. The van der Waals surface area contributed by atoms with E-state index in [4.69, 9.17) is 4.74 Å². The number of aliphatic hydroxyl groups excluding tert-OH is 1. The van der Waals surface area contributed by atoms with Crippen molar-refractivity contribution in [2.75, 3.05) is 13.2 Å². The maximum Gasteiger partial charge on any atom is 0.408 e. The van der Waals surface area contributed by atoms with Crippen LogP contribution in [0, 0.1) is 0 Å². The van der Waals surface area contributed by atoms with Crippen molar-refractivity contribution in [3.63, 3.8) is 0 Å². The summed E-state index contributed by atoms with van der Waals surface area (Å²) in [6.45, 7) is 7.02. The second-order valence-electron chi connectivity index (χ2n) is 10.9. The maximum absolute atomic E-state index is 13.9. The lowest BCUT2D eigenvalue weighted by Crippen LogP contribution is -2.54. The predicted octanol–water partition coefficient (Wildman–Crippen LogP) is 4.82. The molecule has 0 radical (unpaired) electrons. The molecular formula is C31H45N3O6. The minimum absolute atomic E-state index is 0.0455. The molecule has 2 atom stereocenters. The quantitative estimate of drug-likeness (QED) is 0.233. The fraction of sp³-hybridized carbons (Fsp3) is 0.516. The second-order valence-corrected chi connectivity index (χ2v) is 10.9. The van der Waals surface area contributed by atoms with Crippen molar-refractivity contribution in [2.24, 2.45) is 0 Å². The summed E-state index contributed by atoms with van der Waals surface area (Å²) in [6.07, 6.45) is 4.95. The molecule has 9 nitrogen and oxygen atoms in total. The highest BCUT2D eigenvalue weighted by atomic mass is 16.6. The molecule has 0 aliphatic carbocycles. The highest BCUT2D eigenvalue weighted by Gasteiger charge is 2.36. The number of amides is 3. The van der Waals surface area contributed by atoms with Crippen molar-refractivity contribution in [1.82, 2.24) is 15.5 Å². The van der Waals surface area contributed by atoms with Crippen LogP contribution in [-0.4, -0.2) is 57.8 Å². The van der Waals surface area contributed by atoms with E-state index in [0.29, 0.717) is 12.0 Å².